The van der Waals surface area contributed by atoms with Gasteiger partial charge in [0.05, 0.1) is 9.90 Å². The van der Waals surface area contributed by atoms with Crippen molar-refractivity contribution in [3.63, 3.8) is 0 Å². The average molecular weight is 290 g/mol. The van der Waals surface area contributed by atoms with Crippen molar-refractivity contribution in [3.05, 3.63) is 20.3 Å². The molecule has 7 heteroatoms. The van der Waals surface area contributed by atoms with Gasteiger partial charge in [0.2, 0.25) is 0 Å². The van der Waals surface area contributed by atoms with E-state index in [0.717, 1.165) is 0 Å². The molecule has 0 aromatic carbocycles. The maximum atomic E-state index is 11.5. The van der Waals surface area contributed by atoms with E-state index in [-0.39, 0.29) is 24.4 Å². The summed E-state index contributed by atoms with van der Waals surface area (Å²) in [5, 5.41) is 2.70. The Bertz CT molecular complexity index is 343. The standard InChI is InChI=1S/C8H10Cl2N2OS.ClH/c1-4(3-11)12-8(13)5-2-6(9)14-7(5)10;/h2,4H,3,11H2,1H3,(H,12,13);1H/t4-;/m0./s1. The Hall–Kier alpha value is -0.000000000000000222. The quantitative estimate of drug-likeness (QED) is 0.898. The van der Waals surface area contributed by atoms with Crippen LogP contribution in [0.4, 0.5) is 0 Å². The van der Waals surface area contributed by atoms with Crippen LogP contribution in [-0.4, -0.2) is 18.5 Å². The van der Waals surface area contributed by atoms with Crippen molar-refractivity contribution in [2.45, 2.75) is 13.0 Å². The van der Waals surface area contributed by atoms with Crippen molar-refractivity contribution in [2.24, 2.45) is 5.73 Å². The summed E-state index contributed by atoms with van der Waals surface area (Å²) in [6, 6.07) is 1.48. The third kappa shape index (κ3) is 4.17. The van der Waals surface area contributed by atoms with Crippen LogP contribution in [0.2, 0.25) is 8.67 Å². The van der Waals surface area contributed by atoms with Crippen LogP contribution in [-0.2, 0) is 0 Å². The fourth-order valence-corrected chi connectivity index (χ4v) is 2.31. The molecule has 0 aliphatic heterocycles. The highest BCUT2D eigenvalue weighted by atomic mass is 35.5. The molecule has 0 aliphatic rings. The van der Waals surface area contributed by atoms with Crippen molar-refractivity contribution in [3.8, 4) is 0 Å². The van der Waals surface area contributed by atoms with Gasteiger partial charge < -0.3 is 11.1 Å². The van der Waals surface area contributed by atoms with E-state index in [2.05, 4.69) is 5.32 Å². The molecule has 1 heterocycles. The zero-order valence-electron chi connectivity index (χ0n) is 7.92. The lowest BCUT2D eigenvalue weighted by molar-refractivity contribution is 0.0942. The monoisotopic (exact) mass is 288 g/mol. The third-order valence-electron chi connectivity index (χ3n) is 1.63. The minimum absolute atomic E-state index is 0. The molecule has 3 N–H and O–H groups in total. The first-order valence-corrected chi connectivity index (χ1v) is 5.57. The molecule has 0 fully saturated rings. The van der Waals surface area contributed by atoms with Gasteiger partial charge in [0.25, 0.3) is 5.91 Å². The number of halogens is 3. The minimum Gasteiger partial charge on any atom is -0.348 e. The predicted molar refractivity (Wildman–Crippen MR) is 67.6 cm³/mol. The summed E-state index contributed by atoms with van der Waals surface area (Å²) in [6.45, 7) is 2.21. The topological polar surface area (TPSA) is 55.1 Å². The van der Waals surface area contributed by atoms with E-state index in [1.54, 1.807) is 6.07 Å². The van der Waals surface area contributed by atoms with Gasteiger partial charge in [-0.05, 0) is 13.0 Å². The van der Waals surface area contributed by atoms with E-state index in [9.17, 15) is 4.79 Å². The van der Waals surface area contributed by atoms with E-state index >= 15 is 0 Å². The molecule has 0 unspecified atom stereocenters. The molecule has 1 aromatic heterocycles. The van der Waals surface area contributed by atoms with Gasteiger partial charge in [0.1, 0.15) is 4.34 Å². The van der Waals surface area contributed by atoms with Crippen LogP contribution in [0, 0.1) is 0 Å². The van der Waals surface area contributed by atoms with Gasteiger partial charge in [-0.2, -0.15) is 0 Å². The molecule has 0 saturated heterocycles. The lowest BCUT2D eigenvalue weighted by atomic mass is 10.3. The molecule has 3 nitrogen and oxygen atoms in total. The van der Waals surface area contributed by atoms with Crippen LogP contribution < -0.4 is 11.1 Å². The fraction of sp³-hybridized carbons (Fsp3) is 0.375. The maximum absolute atomic E-state index is 11.5. The summed E-state index contributed by atoms with van der Waals surface area (Å²) in [7, 11) is 0. The van der Waals surface area contributed by atoms with E-state index in [1.165, 1.54) is 11.3 Å². The lowest BCUT2D eigenvalue weighted by Crippen LogP contribution is -2.37. The highest BCUT2D eigenvalue weighted by Gasteiger charge is 2.15. The second-order valence-electron chi connectivity index (χ2n) is 2.85. The van der Waals surface area contributed by atoms with E-state index in [0.29, 0.717) is 20.8 Å². The molecule has 1 atom stereocenters. The van der Waals surface area contributed by atoms with Crippen molar-refractivity contribution < 1.29 is 4.79 Å². The number of hydrogen-bond acceptors (Lipinski definition) is 3. The molecule has 86 valence electrons. The van der Waals surface area contributed by atoms with Crippen LogP contribution in [0.5, 0.6) is 0 Å². The van der Waals surface area contributed by atoms with Crippen molar-refractivity contribution in [2.75, 3.05) is 6.54 Å². The van der Waals surface area contributed by atoms with Crippen LogP contribution in [0.1, 0.15) is 17.3 Å². The number of amides is 1. The predicted octanol–water partition coefficient (Wildman–Crippen LogP) is 2.55. The zero-order valence-corrected chi connectivity index (χ0v) is 11.1. The van der Waals surface area contributed by atoms with Gasteiger partial charge in [0, 0.05) is 12.6 Å². The molecule has 1 aromatic rings. The van der Waals surface area contributed by atoms with Gasteiger partial charge in [-0.25, -0.2) is 0 Å². The summed E-state index contributed by atoms with van der Waals surface area (Å²) >= 11 is 12.7. The molecule has 15 heavy (non-hydrogen) atoms. The fourth-order valence-electron chi connectivity index (χ4n) is 0.856. The second-order valence-corrected chi connectivity index (χ2v) is 5.13. The number of nitrogens with one attached hydrogen (secondary N) is 1. The van der Waals surface area contributed by atoms with E-state index in [4.69, 9.17) is 28.9 Å². The zero-order chi connectivity index (χ0) is 10.7. The smallest absolute Gasteiger partial charge is 0.253 e. The normalized spacial score (nSPS) is 11.7. The number of hydrogen-bond donors (Lipinski definition) is 2. The summed E-state index contributed by atoms with van der Waals surface area (Å²) in [4.78, 5) is 11.5. The molecule has 0 saturated carbocycles. The average Bonchev–Trinajstić information content (AvgIpc) is 2.45. The van der Waals surface area contributed by atoms with Crippen molar-refractivity contribution >= 4 is 52.9 Å². The molecule has 0 bridgehead atoms. The highest BCUT2D eigenvalue weighted by molar-refractivity contribution is 7.20. The third-order valence-corrected chi connectivity index (χ3v) is 3.12. The Morgan fingerprint density at radius 2 is 2.27 bits per heavy atom. The molecule has 1 amide bonds. The molecular weight excluding hydrogens is 279 g/mol. The van der Waals surface area contributed by atoms with Gasteiger partial charge in [-0.1, -0.05) is 23.2 Å². The van der Waals surface area contributed by atoms with Crippen LogP contribution in [0.3, 0.4) is 0 Å². The summed E-state index contributed by atoms with van der Waals surface area (Å²) in [6.07, 6.45) is 0. The molecule has 1 rings (SSSR count). The van der Waals surface area contributed by atoms with Gasteiger partial charge >= 0.3 is 0 Å². The Balaban J connectivity index is 0.00000196. The summed E-state index contributed by atoms with van der Waals surface area (Å²) in [5.74, 6) is -0.240. The van der Waals surface area contributed by atoms with Crippen LogP contribution >= 0.6 is 46.9 Å². The van der Waals surface area contributed by atoms with Gasteiger partial charge in [-0.15, -0.1) is 23.7 Å². The lowest BCUT2D eigenvalue weighted by Gasteiger charge is -2.10. The van der Waals surface area contributed by atoms with Crippen LogP contribution in [0.25, 0.3) is 0 Å². The van der Waals surface area contributed by atoms with Gasteiger partial charge in [0.15, 0.2) is 0 Å². The van der Waals surface area contributed by atoms with E-state index in [1.807, 2.05) is 6.92 Å². The summed E-state index contributed by atoms with van der Waals surface area (Å²) in [5.41, 5.74) is 5.78. The SMILES string of the molecule is C[C@@H](CN)NC(=O)c1cc(Cl)sc1Cl.Cl. The molecule has 0 radical (unpaired) electrons. The number of carbonyl (C=O) groups excluding carboxylic acids is 1. The number of nitrogens with two attached hydrogens (primary N) is 1. The number of carbonyl (C=O) groups is 1. The summed E-state index contributed by atoms with van der Waals surface area (Å²) < 4.78 is 0.900. The van der Waals surface area contributed by atoms with Crippen molar-refractivity contribution in [1.82, 2.24) is 5.32 Å². The molecule has 0 aliphatic carbocycles. The first-order chi connectivity index (χ1) is 6.54. The largest absolute Gasteiger partial charge is 0.348 e. The Labute approximate surface area is 108 Å². The molecular formula is C8H11Cl3N2OS. The first kappa shape index (κ1) is 15.0. The van der Waals surface area contributed by atoms with Crippen molar-refractivity contribution in [1.29, 1.82) is 0 Å². The minimum atomic E-state index is -0.240. The maximum Gasteiger partial charge on any atom is 0.253 e. The van der Waals surface area contributed by atoms with Crippen LogP contribution in [0.15, 0.2) is 6.07 Å². The number of thiophene rings is 1. The van der Waals surface area contributed by atoms with E-state index < -0.39 is 0 Å². The Kier molecular flexibility index (Phi) is 6.55. The van der Waals surface area contributed by atoms with Gasteiger partial charge in [-0.3, -0.25) is 4.79 Å². The Morgan fingerprint density at radius 3 is 2.67 bits per heavy atom. The Morgan fingerprint density at radius 1 is 1.67 bits per heavy atom. The first-order valence-electron chi connectivity index (χ1n) is 4.00. The number of rotatable bonds is 3. The highest BCUT2D eigenvalue weighted by Crippen LogP contribution is 2.30. The second kappa shape index (κ2) is 6.55. The molecule has 0 spiro atoms.